The third-order valence-corrected chi connectivity index (χ3v) is 18.2. The van der Waals surface area contributed by atoms with Gasteiger partial charge >= 0.3 is 6.03 Å². The van der Waals surface area contributed by atoms with Crippen LogP contribution in [0.3, 0.4) is 0 Å². The third-order valence-electron chi connectivity index (χ3n) is 16.7. The lowest BCUT2D eigenvalue weighted by molar-refractivity contribution is -0.137. The number of aromatic nitrogens is 5. The maximum atomic E-state index is 14.6. The van der Waals surface area contributed by atoms with Crippen LogP contribution in [-0.2, 0) is 84.8 Å². The number of urea groups is 1. The summed E-state index contributed by atoms with van der Waals surface area (Å²) in [4.78, 5) is 132. The van der Waals surface area contributed by atoms with Crippen LogP contribution in [0.5, 0.6) is 5.75 Å². The summed E-state index contributed by atoms with van der Waals surface area (Å²) in [7, 11) is 0. The van der Waals surface area contributed by atoms with Crippen molar-refractivity contribution in [3.63, 3.8) is 0 Å². The molecule has 2 bridgehead atoms. The largest absolute Gasteiger partial charge is 0.508 e. The van der Waals surface area contributed by atoms with E-state index in [1.54, 1.807) is 53.3 Å². The highest BCUT2D eigenvalue weighted by atomic mass is 32.2. The summed E-state index contributed by atoms with van der Waals surface area (Å²) in [6.07, 6.45) is 8.44. The third kappa shape index (κ3) is 26.6. The van der Waals surface area contributed by atoms with Gasteiger partial charge in [-0.1, -0.05) is 54.1 Å². The van der Waals surface area contributed by atoms with Gasteiger partial charge in [-0.15, -0.1) is 5.10 Å². The van der Waals surface area contributed by atoms with E-state index in [0.717, 1.165) is 25.0 Å². The average molecular weight is 1370 g/mol. The summed E-state index contributed by atoms with van der Waals surface area (Å²) in [5.74, 6) is -4.59. The number of amides is 10. The number of fused-ring (bicyclic) bond motifs is 3. The molecule has 11 atom stereocenters. The fourth-order valence-corrected chi connectivity index (χ4v) is 12.8. The van der Waals surface area contributed by atoms with Gasteiger partial charge in [-0.05, 0) is 101 Å². The lowest BCUT2D eigenvalue weighted by Crippen LogP contribution is -2.62. The van der Waals surface area contributed by atoms with Crippen LogP contribution in [0.2, 0.25) is 0 Å². The van der Waals surface area contributed by atoms with Crippen LogP contribution >= 0.6 is 11.8 Å². The Morgan fingerprint density at radius 3 is 1.98 bits per heavy atom. The topological polar surface area (TPSA) is 454 Å². The van der Waals surface area contributed by atoms with E-state index in [4.69, 9.17) is 25.7 Å². The van der Waals surface area contributed by atoms with Crippen LogP contribution in [-0.4, -0.2) is 219 Å². The predicted octanol–water partition coefficient (Wildman–Crippen LogP) is -1.30. The van der Waals surface area contributed by atoms with E-state index in [-0.39, 0.29) is 94.6 Å². The van der Waals surface area contributed by atoms with Gasteiger partial charge < -0.3 is 94.0 Å². The first kappa shape index (κ1) is 76.1. The van der Waals surface area contributed by atoms with E-state index >= 15 is 0 Å². The van der Waals surface area contributed by atoms with E-state index < -0.39 is 89.7 Å². The minimum absolute atomic E-state index is 0.00682. The Bertz CT molecular complexity index is 3110. The molecule has 0 spiro atoms. The summed E-state index contributed by atoms with van der Waals surface area (Å²) < 4.78 is 18.6. The molecule has 3 aliphatic heterocycles. The maximum Gasteiger partial charge on any atom is 0.315 e. The van der Waals surface area contributed by atoms with Crippen molar-refractivity contribution >= 4 is 65.1 Å². The number of hydrogen-bond donors (Lipinski definition) is 15. The number of aliphatic hydroxyl groups excluding tert-OH is 1. The Hall–Kier alpha value is -8.27. The monoisotopic (exact) mass is 1370 g/mol. The molecule has 32 heteroatoms. The molecule has 4 aromatic rings. The number of unbranched alkanes of at least 4 members (excludes halogenated alkanes) is 2. The number of phenols is 1. The highest BCUT2D eigenvalue weighted by molar-refractivity contribution is 8.00. The molecule has 2 aromatic carbocycles. The van der Waals surface area contributed by atoms with Crippen molar-refractivity contribution < 1.29 is 67.6 Å². The molecule has 0 radical (unpaired) electrons. The SMILES string of the molecule is C[C@H](O)[C@@H]1NC(=O)[C@H](CCCCN)NC(=O)[C@H](Cc2ccc(O)cc2)NC(=O)[C@H](Cc2ccccc2)NC(=O)[C@@H](N)Cc2cn(nn2)CCCC[C@@H](C(=O)NCCCOCCOCCOCCCNC(=O)CCCCC2SC[C@H]3NC(=O)N[C@@H]23)NC(=O)[C@H](Cc2c[nH]cn2)NC1=O. The number of rotatable bonds is 31. The number of imidazole rings is 1. The van der Waals surface area contributed by atoms with Gasteiger partial charge in [-0.25, -0.2) is 9.78 Å². The number of benzene rings is 2. The van der Waals surface area contributed by atoms with Crippen LogP contribution < -0.4 is 64.6 Å². The Balaban J connectivity index is 0.952. The highest BCUT2D eigenvalue weighted by Crippen LogP contribution is 2.33. The second kappa shape index (κ2) is 41.1. The van der Waals surface area contributed by atoms with Crippen molar-refractivity contribution in [1.82, 2.24) is 78.1 Å². The molecule has 17 N–H and O–H groups in total. The molecule has 1 unspecified atom stereocenters. The molecule has 97 heavy (non-hydrogen) atoms. The average Bonchev–Trinajstić information content (AvgIpc) is 1.66. The Morgan fingerprint density at radius 1 is 0.680 bits per heavy atom. The van der Waals surface area contributed by atoms with Gasteiger partial charge in [0.05, 0.1) is 68.4 Å². The number of ether oxygens (including phenoxy) is 3. The molecule has 7 rings (SSSR count). The first-order valence-corrected chi connectivity index (χ1v) is 34.6. The molecule has 2 aromatic heterocycles. The smallest absolute Gasteiger partial charge is 0.315 e. The Morgan fingerprint density at radius 2 is 1.30 bits per heavy atom. The summed E-state index contributed by atoms with van der Waals surface area (Å²) in [5.41, 5.74) is 14.2. The van der Waals surface area contributed by atoms with Crippen LogP contribution in [0.4, 0.5) is 4.79 Å². The minimum Gasteiger partial charge on any atom is -0.508 e. The fraction of sp³-hybridized carbons (Fsp3) is 0.600. The number of nitrogens with zero attached hydrogens (tertiary/aromatic N) is 4. The van der Waals surface area contributed by atoms with E-state index in [1.165, 1.54) is 31.6 Å². The van der Waals surface area contributed by atoms with Gasteiger partial charge in [0.15, 0.2) is 0 Å². The Kier molecular flexibility index (Phi) is 32.2. The molecule has 0 saturated carbocycles. The van der Waals surface area contributed by atoms with Crippen molar-refractivity contribution in [3.8, 4) is 5.75 Å². The first-order chi connectivity index (χ1) is 46.9. The van der Waals surface area contributed by atoms with E-state index in [9.17, 15) is 53.4 Å². The van der Waals surface area contributed by atoms with Crippen molar-refractivity contribution in [1.29, 1.82) is 0 Å². The highest BCUT2D eigenvalue weighted by Gasteiger charge is 2.43. The summed E-state index contributed by atoms with van der Waals surface area (Å²) in [5, 5.41) is 58.1. The number of aryl methyl sites for hydroxylation is 1. The number of aromatic hydroxyl groups is 1. The van der Waals surface area contributed by atoms with Gasteiger partial charge in [0, 0.05) is 88.3 Å². The van der Waals surface area contributed by atoms with Gasteiger partial charge in [-0.3, -0.25) is 43.0 Å². The van der Waals surface area contributed by atoms with Crippen molar-refractivity contribution in [2.24, 2.45) is 11.5 Å². The molecule has 2 saturated heterocycles. The lowest BCUT2D eigenvalue weighted by Gasteiger charge is -2.28. The van der Waals surface area contributed by atoms with E-state index in [1.807, 2.05) is 11.8 Å². The number of aliphatic hydroxyl groups is 1. The standard InChI is InChI=1S/C65H97N17O14S/c1-41(83)56-64(92)76-52(36-44-37-68-40-71-44)63(91)72-48(59(87)70-25-12-28-95-30-32-96-31-29-94-27-11-24-69-55(85)18-6-5-17-54-57-53(39-97-54)77-65(93)79-57)16-8-10-26-82-38-45(80-81-82)35-47(67)58(86)74-50(33-42-13-3-2-4-14-42)62(90)75-51(34-43-19-21-46(84)22-20-43)61(89)73-49(60(88)78-56)15-7-9-23-66/h2-4,13-14,19-22,37-38,40-41,47-54,56-57,83-84H,5-12,15-18,23-36,39,66-67H2,1H3,(H,68,71)(H,69,85)(H,70,87)(H,72,91)(H,73,89)(H,74,86)(H,75,90)(H,76,92)(H,78,88)(H2,77,79,93)/t41-,47-,48-,49-,50-,51-,52-,53+,54?,56-,57+/m0/s1. The van der Waals surface area contributed by atoms with Gasteiger partial charge in [-0.2, -0.15) is 11.8 Å². The number of carbonyl (C=O) groups is 9. The van der Waals surface area contributed by atoms with Crippen LogP contribution in [0.15, 0.2) is 73.3 Å². The van der Waals surface area contributed by atoms with Crippen molar-refractivity contribution in [2.75, 3.05) is 65.0 Å². The molecule has 10 amide bonds. The maximum absolute atomic E-state index is 14.6. The van der Waals surface area contributed by atoms with Crippen LogP contribution in [0, 0.1) is 0 Å². The van der Waals surface area contributed by atoms with Gasteiger partial charge in [0.1, 0.15) is 42.0 Å². The number of nitrogens with one attached hydrogen (secondary N) is 11. The second-order valence-electron chi connectivity index (χ2n) is 24.5. The predicted molar refractivity (Wildman–Crippen MR) is 358 cm³/mol. The summed E-state index contributed by atoms with van der Waals surface area (Å²) >= 11 is 1.87. The molecule has 5 heterocycles. The molecule has 0 aliphatic carbocycles. The molecule has 2 fully saturated rings. The normalized spacial score (nSPS) is 23.6. The summed E-state index contributed by atoms with van der Waals surface area (Å²) in [6.45, 7) is 4.56. The quantitative estimate of drug-likeness (QED) is 0.0206. The number of thioether (sulfide) groups is 1. The number of carbonyl (C=O) groups excluding carboxylic acids is 9. The molecular weight excluding hydrogens is 1270 g/mol. The number of phenolic OH excluding ortho intramolecular Hbond substituents is 1. The van der Waals surface area contributed by atoms with E-state index in [2.05, 4.69) is 73.4 Å². The second-order valence-corrected chi connectivity index (χ2v) is 25.7. The molecule has 31 nitrogen and oxygen atoms in total. The van der Waals surface area contributed by atoms with Gasteiger partial charge in [0.25, 0.3) is 0 Å². The minimum atomic E-state index is -1.71. The zero-order valence-corrected chi connectivity index (χ0v) is 55.8. The Labute approximate surface area is 568 Å². The number of aromatic amines is 1. The first-order valence-electron chi connectivity index (χ1n) is 33.5. The number of hydrogen-bond acceptors (Lipinski definition) is 20. The van der Waals surface area contributed by atoms with Crippen molar-refractivity contribution in [2.45, 2.75) is 182 Å². The molecule has 532 valence electrons. The zero-order valence-electron chi connectivity index (χ0n) is 55.0. The fourth-order valence-electron chi connectivity index (χ4n) is 11.3. The van der Waals surface area contributed by atoms with Crippen LogP contribution in [0.25, 0.3) is 0 Å². The summed E-state index contributed by atoms with van der Waals surface area (Å²) in [6, 6.07) is 5.54. The zero-order chi connectivity index (χ0) is 69.3. The van der Waals surface area contributed by atoms with Crippen LogP contribution in [0.1, 0.15) is 106 Å². The van der Waals surface area contributed by atoms with E-state index in [0.29, 0.717) is 112 Å². The lowest BCUT2D eigenvalue weighted by atomic mass is 10.0. The van der Waals surface area contributed by atoms with Crippen molar-refractivity contribution in [3.05, 3.63) is 95.8 Å². The number of H-pyrrole nitrogens is 1. The molecular formula is C65H97N17O14S. The van der Waals surface area contributed by atoms with Gasteiger partial charge in [0.2, 0.25) is 47.3 Å². The molecule has 3 aliphatic rings. The number of nitrogens with two attached hydrogens (primary N) is 2.